The maximum absolute atomic E-state index is 13.3. The highest BCUT2D eigenvalue weighted by molar-refractivity contribution is 5.66. The van der Waals surface area contributed by atoms with Crippen molar-refractivity contribution in [3.63, 3.8) is 0 Å². The number of anilines is 2. The van der Waals surface area contributed by atoms with Crippen molar-refractivity contribution in [2.24, 2.45) is 0 Å². The third kappa shape index (κ3) is 2.37. The van der Waals surface area contributed by atoms with Gasteiger partial charge in [-0.3, -0.25) is 0 Å². The van der Waals surface area contributed by atoms with Gasteiger partial charge in [-0.25, -0.2) is 4.39 Å². The van der Waals surface area contributed by atoms with Gasteiger partial charge >= 0.3 is 0 Å². The van der Waals surface area contributed by atoms with Crippen LogP contribution in [0.25, 0.3) is 0 Å². The van der Waals surface area contributed by atoms with Gasteiger partial charge in [-0.15, -0.1) is 0 Å². The lowest BCUT2D eigenvalue weighted by Crippen LogP contribution is -2.18. The Kier molecular flexibility index (Phi) is 3.74. The van der Waals surface area contributed by atoms with Crippen molar-refractivity contribution in [2.45, 2.75) is 32.7 Å². The molecule has 0 fully saturated rings. The summed E-state index contributed by atoms with van der Waals surface area (Å²) in [6.07, 6.45) is 1.93. The largest absolute Gasteiger partial charge is 0.397 e. The van der Waals surface area contributed by atoms with Crippen LogP contribution < -0.4 is 11.1 Å². The SMILES string of the molecule is CCC(CC)Nc1c(N)cccc1F. The van der Waals surface area contributed by atoms with E-state index in [-0.39, 0.29) is 11.9 Å². The number of rotatable bonds is 4. The molecule has 0 saturated heterocycles. The van der Waals surface area contributed by atoms with Crippen molar-refractivity contribution >= 4 is 11.4 Å². The highest BCUT2D eigenvalue weighted by atomic mass is 19.1. The van der Waals surface area contributed by atoms with Crippen LogP contribution in [0.15, 0.2) is 18.2 Å². The van der Waals surface area contributed by atoms with E-state index in [1.54, 1.807) is 12.1 Å². The summed E-state index contributed by atoms with van der Waals surface area (Å²) in [5.74, 6) is -0.281. The normalized spacial score (nSPS) is 10.6. The van der Waals surface area contributed by atoms with Crippen molar-refractivity contribution in [3.8, 4) is 0 Å². The van der Waals surface area contributed by atoms with Gasteiger partial charge in [0.05, 0.1) is 11.4 Å². The van der Waals surface area contributed by atoms with Gasteiger partial charge in [0.25, 0.3) is 0 Å². The molecule has 0 aliphatic carbocycles. The fourth-order valence-corrected chi connectivity index (χ4v) is 1.39. The molecule has 0 heterocycles. The summed E-state index contributed by atoms with van der Waals surface area (Å²) in [4.78, 5) is 0. The second kappa shape index (κ2) is 4.84. The van der Waals surface area contributed by atoms with Crippen LogP contribution in [-0.2, 0) is 0 Å². The minimum absolute atomic E-state index is 0.281. The Morgan fingerprint density at radius 3 is 2.50 bits per heavy atom. The summed E-state index contributed by atoms with van der Waals surface area (Å²) in [6.45, 7) is 4.14. The van der Waals surface area contributed by atoms with Crippen LogP contribution >= 0.6 is 0 Å². The molecule has 3 N–H and O–H groups in total. The molecule has 0 spiro atoms. The Morgan fingerprint density at radius 2 is 2.00 bits per heavy atom. The van der Waals surface area contributed by atoms with Crippen LogP contribution in [0.5, 0.6) is 0 Å². The van der Waals surface area contributed by atoms with Gasteiger partial charge in [0.2, 0.25) is 0 Å². The number of halogens is 1. The maximum Gasteiger partial charge on any atom is 0.148 e. The number of nitrogen functional groups attached to an aromatic ring is 1. The van der Waals surface area contributed by atoms with E-state index in [2.05, 4.69) is 19.2 Å². The molecule has 0 aliphatic rings. The monoisotopic (exact) mass is 196 g/mol. The van der Waals surface area contributed by atoms with E-state index in [1.165, 1.54) is 6.07 Å². The molecule has 0 bridgehead atoms. The lowest BCUT2D eigenvalue weighted by molar-refractivity contribution is 0.616. The third-order valence-electron chi connectivity index (χ3n) is 2.38. The summed E-state index contributed by atoms with van der Waals surface area (Å²) in [7, 11) is 0. The topological polar surface area (TPSA) is 38.0 Å². The van der Waals surface area contributed by atoms with Crippen LogP contribution in [0.1, 0.15) is 26.7 Å². The second-order valence-electron chi connectivity index (χ2n) is 3.36. The summed E-state index contributed by atoms with van der Waals surface area (Å²) in [5, 5.41) is 3.11. The molecule has 1 aromatic carbocycles. The Bertz CT molecular complexity index is 275. The molecule has 0 atom stereocenters. The molecule has 2 nitrogen and oxygen atoms in total. The molecule has 0 radical (unpaired) electrons. The fraction of sp³-hybridized carbons (Fsp3) is 0.455. The molecule has 1 rings (SSSR count). The third-order valence-corrected chi connectivity index (χ3v) is 2.38. The molecule has 0 amide bonds. The van der Waals surface area contributed by atoms with E-state index < -0.39 is 0 Å². The van der Waals surface area contributed by atoms with Gasteiger partial charge in [0.1, 0.15) is 5.82 Å². The molecular weight excluding hydrogens is 179 g/mol. The molecule has 0 unspecified atom stereocenters. The first-order chi connectivity index (χ1) is 6.69. The number of para-hydroxylation sites is 1. The molecule has 3 heteroatoms. The molecule has 0 aliphatic heterocycles. The molecule has 14 heavy (non-hydrogen) atoms. The van der Waals surface area contributed by atoms with Crippen LogP contribution in [0.4, 0.5) is 15.8 Å². The molecular formula is C11H17FN2. The van der Waals surface area contributed by atoms with E-state index in [1.807, 2.05) is 0 Å². The lowest BCUT2D eigenvalue weighted by Gasteiger charge is -2.18. The summed E-state index contributed by atoms with van der Waals surface area (Å²) < 4.78 is 13.3. The second-order valence-corrected chi connectivity index (χ2v) is 3.36. The maximum atomic E-state index is 13.3. The highest BCUT2D eigenvalue weighted by Crippen LogP contribution is 2.23. The first kappa shape index (κ1) is 10.8. The molecule has 0 aromatic heterocycles. The average molecular weight is 196 g/mol. The minimum Gasteiger partial charge on any atom is -0.397 e. The van der Waals surface area contributed by atoms with Gasteiger partial charge < -0.3 is 11.1 Å². The van der Waals surface area contributed by atoms with E-state index in [0.717, 1.165) is 12.8 Å². The Labute approximate surface area is 84.3 Å². The lowest BCUT2D eigenvalue weighted by atomic mass is 10.1. The van der Waals surface area contributed by atoms with E-state index in [4.69, 9.17) is 5.73 Å². The fourth-order valence-electron chi connectivity index (χ4n) is 1.39. The Balaban J connectivity index is 2.84. The van der Waals surface area contributed by atoms with Crippen molar-refractivity contribution in [2.75, 3.05) is 11.1 Å². The Hall–Kier alpha value is -1.25. The van der Waals surface area contributed by atoms with Crippen molar-refractivity contribution in [1.82, 2.24) is 0 Å². The smallest absolute Gasteiger partial charge is 0.148 e. The zero-order chi connectivity index (χ0) is 10.6. The zero-order valence-corrected chi connectivity index (χ0v) is 8.68. The van der Waals surface area contributed by atoms with Crippen LogP contribution in [0.3, 0.4) is 0 Å². The molecule has 0 saturated carbocycles. The number of nitrogens with two attached hydrogens (primary N) is 1. The number of benzene rings is 1. The first-order valence-electron chi connectivity index (χ1n) is 4.99. The first-order valence-corrected chi connectivity index (χ1v) is 4.99. The number of hydrogen-bond acceptors (Lipinski definition) is 2. The average Bonchev–Trinajstić information content (AvgIpc) is 2.18. The summed E-state index contributed by atoms with van der Waals surface area (Å²) in [5.41, 5.74) is 6.58. The van der Waals surface area contributed by atoms with Gasteiger partial charge in [-0.05, 0) is 25.0 Å². The standard InChI is InChI=1S/C11H17FN2/c1-3-8(4-2)14-11-9(12)6-5-7-10(11)13/h5-8,14H,3-4,13H2,1-2H3. The minimum atomic E-state index is -0.281. The quantitative estimate of drug-likeness (QED) is 0.726. The summed E-state index contributed by atoms with van der Waals surface area (Å²) in [6, 6.07) is 5.02. The molecule has 78 valence electrons. The number of hydrogen-bond donors (Lipinski definition) is 2. The number of nitrogens with one attached hydrogen (secondary N) is 1. The van der Waals surface area contributed by atoms with Gasteiger partial charge in [-0.1, -0.05) is 19.9 Å². The predicted molar refractivity (Wildman–Crippen MR) is 58.8 cm³/mol. The van der Waals surface area contributed by atoms with Crippen LogP contribution in [0.2, 0.25) is 0 Å². The van der Waals surface area contributed by atoms with Crippen molar-refractivity contribution in [3.05, 3.63) is 24.0 Å². The van der Waals surface area contributed by atoms with Crippen LogP contribution in [0, 0.1) is 5.82 Å². The zero-order valence-electron chi connectivity index (χ0n) is 8.68. The van der Waals surface area contributed by atoms with Crippen molar-refractivity contribution < 1.29 is 4.39 Å². The van der Waals surface area contributed by atoms with E-state index in [0.29, 0.717) is 11.4 Å². The van der Waals surface area contributed by atoms with Crippen LogP contribution in [-0.4, -0.2) is 6.04 Å². The highest BCUT2D eigenvalue weighted by Gasteiger charge is 2.09. The van der Waals surface area contributed by atoms with Gasteiger partial charge in [0, 0.05) is 6.04 Å². The van der Waals surface area contributed by atoms with Gasteiger partial charge in [-0.2, -0.15) is 0 Å². The predicted octanol–water partition coefficient (Wildman–Crippen LogP) is 3.01. The Morgan fingerprint density at radius 1 is 1.36 bits per heavy atom. The van der Waals surface area contributed by atoms with Gasteiger partial charge in [0.15, 0.2) is 0 Å². The molecule has 1 aromatic rings. The summed E-state index contributed by atoms with van der Waals surface area (Å²) >= 11 is 0. The van der Waals surface area contributed by atoms with Crippen molar-refractivity contribution in [1.29, 1.82) is 0 Å². The van der Waals surface area contributed by atoms with E-state index >= 15 is 0 Å². The van der Waals surface area contributed by atoms with E-state index in [9.17, 15) is 4.39 Å².